The van der Waals surface area contributed by atoms with Crippen LogP contribution in [0.5, 0.6) is 0 Å². The zero-order valence-electron chi connectivity index (χ0n) is 19.9. The molecule has 0 aliphatic carbocycles. The van der Waals surface area contributed by atoms with E-state index >= 15 is 0 Å². The number of hydrogen-bond donors (Lipinski definition) is 3. The van der Waals surface area contributed by atoms with Gasteiger partial charge in [-0.25, -0.2) is 4.98 Å². The largest absolute Gasteiger partial charge is 0.360 e. The summed E-state index contributed by atoms with van der Waals surface area (Å²) in [6.45, 7) is 0.834. The topological polar surface area (TPSA) is 69.4 Å². The lowest BCUT2D eigenvalue weighted by molar-refractivity contribution is 0.669. The van der Waals surface area contributed by atoms with Crippen LogP contribution in [0.2, 0.25) is 0 Å². The van der Waals surface area contributed by atoms with Crippen molar-refractivity contribution in [2.45, 2.75) is 12.6 Å². The zero-order chi connectivity index (χ0) is 24.3. The molecule has 37 heavy (non-hydrogen) atoms. The van der Waals surface area contributed by atoms with E-state index in [1.54, 1.807) is 0 Å². The Labute approximate surface area is 213 Å². The molecule has 0 bridgehead atoms. The number of pyridine rings is 1. The number of fused-ring (bicyclic) bond motifs is 4. The fourth-order valence-corrected chi connectivity index (χ4v) is 5.96. The van der Waals surface area contributed by atoms with E-state index in [1.165, 1.54) is 27.5 Å². The normalized spacial score (nSPS) is 15.1. The van der Waals surface area contributed by atoms with Crippen molar-refractivity contribution in [2.75, 3.05) is 0 Å². The maximum atomic E-state index is 4.97. The van der Waals surface area contributed by atoms with Gasteiger partial charge in [0.15, 0.2) is 6.33 Å². The summed E-state index contributed by atoms with van der Waals surface area (Å²) in [5, 5.41) is 8.38. The van der Waals surface area contributed by atoms with Gasteiger partial charge in [0.2, 0.25) is 0 Å². The number of aromatic nitrogens is 4. The molecule has 5 heteroatoms. The molecule has 0 spiro atoms. The third-order valence-electron chi connectivity index (χ3n) is 7.63. The number of hydrogen-bond acceptors (Lipinski definition) is 3. The molecule has 1 aliphatic heterocycles. The van der Waals surface area contributed by atoms with Gasteiger partial charge in [-0.05, 0) is 39.6 Å². The summed E-state index contributed by atoms with van der Waals surface area (Å²) < 4.78 is 0. The smallest absolute Gasteiger partial charge is 0.174 e. The summed E-state index contributed by atoms with van der Waals surface area (Å²) in [5.41, 5.74) is 9.77. The second kappa shape index (κ2) is 7.88. The van der Waals surface area contributed by atoms with Crippen LogP contribution < -0.4 is 5.32 Å². The predicted octanol–water partition coefficient (Wildman–Crippen LogP) is 6.92. The second-order valence-corrected chi connectivity index (χ2v) is 9.60. The van der Waals surface area contributed by atoms with Crippen molar-refractivity contribution >= 4 is 32.6 Å². The summed E-state index contributed by atoms with van der Waals surface area (Å²) >= 11 is 0. The van der Waals surface area contributed by atoms with Gasteiger partial charge in [-0.2, -0.15) is 0 Å². The van der Waals surface area contributed by atoms with E-state index in [1.807, 2.05) is 6.20 Å². The van der Waals surface area contributed by atoms with E-state index in [9.17, 15) is 0 Å². The first-order valence-corrected chi connectivity index (χ1v) is 12.5. The van der Waals surface area contributed by atoms with Crippen molar-refractivity contribution < 1.29 is 0 Å². The number of nitrogens with zero attached hydrogens (tertiary/aromatic N) is 2. The first-order chi connectivity index (χ1) is 18.4. The Morgan fingerprint density at radius 1 is 0.784 bits per heavy atom. The van der Waals surface area contributed by atoms with Crippen molar-refractivity contribution in [3.63, 3.8) is 0 Å². The number of H-pyrrole nitrogens is 2. The summed E-state index contributed by atoms with van der Waals surface area (Å²) in [5.74, 6) is 0. The summed E-state index contributed by atoms with van der Waals surface area (Å²) in [7, 11) is 0. The van der Waals surface area contributed by atoms with Crippen LogP contribution in [0, 0.1) is 6.33 Å². The third kappa shape index (κ3) is 3.01. The Morgan fingerprint density at radius 3 is 2.54 bits per heavy atom. The van der Waals surface area contributed by atoms with Gasteiger partial charge in [-0.15, -0.1) is 0 Å². The highest BCUT2D eigenvalue weighted by atomic mass is 14.9. The van der Waals surface area contributed by atoms with E-state index in [0.717, 1.165) is 50.9 Å². The molecule has 1 radical (unpaired) electrons. The van der Waals surface area contributed by atoms with E-state index < -0.39 is 0 Å². The molecular formula is C32H22N5. The highest BCUT2D eigenvalue weighted by molar-refractivity contribution is 6.11. The maximum absolute atomic E-state index is 4.97. The molecule has 0 saturated carbocycles. The number of imidazole rings is 1. The average Bonchev–Trinajstić information content (AvgIpc) is 3.70. The molecule has 0 fully saturated rings. The zero-order valence-corrected chi connectivity index (χ0v) is 19.9. The first kappa shape index (κ1) is 20.5. The monoisotopic (exact) mass is 476 g/mol. The molecule has 0 saturated heterocycles. The minimum absolute atomic E-state index is 0.0367. The van der Waals surface area contributed by atoms with E-state index in [-0.39, 0.29) is 6.04 Å². The van der Waals surface area contributed by atoms with Crippen LogP contribution in [0.4, 0.5) is 0 Å². The number of rotatable bonds is 3. The second-order valence-electron chi connectivity index (χ2n) is 9.60. The SMILES string of the molecule is [c]1nc2c(-c3nccc4ccccc34)c(-c3[nH]cc4ccccc34)c(C3NCc4ccccc43)cc2[nH]1. The van der Waals surface area contributed by atoms with Crippen LogP contribution in [-0.2, 0) is 6.54 Å². The predicted molar refractivity (Wildman–Crippen MR) is 148 cm³/mol. The molecule has 4 heterocycles. The molecule has 1 unspecified atom stereocenters. The number of benzene rings is 4. The summed E-state index contributed by atoms with van der Waals surface area (Å²) in [4.78, 5) is 16.6. The summed E-state index contributed by atoms with van der Waals surface area (Å²) in [6, 6.07) is 29.9. The van der Waals surface area contributed by atoms with Gasteiger partial charge in [0, 0.05) is 40.8 Å². The van der Waals surface area contributed by atoms with Crippen molar-refractivity contribution in [1.29, 1.82) is 0 Å². The minimum Gasteiger partial charge on any atom is -0.360 e. The fraction of sp³-hybridized carbons (Fsp3) is 0.0625. The van der Waals surface area contributed by atoms with E-state index in [2.05, 4.69) is 113 Å². The van der Waals surface area contributed by atoms with Crippen LogP contribution in [0.1, 0.15) is 22.7 Å². The Balaban J connectivity index is 1.55. The average molecular weight is 477 g/mol. The van der Waals surface area contributed by atoms with Crippen molar-refractivity contribution in [3.05, 3.63) is 120 Å². The highest BCUT2D eigenvalue weighted by Crippen LogP contribution is 2.47. The molecule has 1 aliphatic rings. The Bertz CT molecular complexity index is 1960. The molecule has 4 aromatic carbocycles. The highest BCUT2D eigenvalue weighted by Gasteiger charge is 2.30. The lowest BCUT2D eigenvalue weighted by Gasteiger charge is -2.21. The van der Waals surface area contributed by atoms with Crippen molar-refractivity contribution in [2.24, 2.45) is 0 Å². The molecule has 1 atom stereocenters. The van der Waals surface area contributed by atoms with Crippen molar-refractivity contribution in [1.82, 2.24) is 25.3 Å². The standard InChI is InChI=1S/C32H22N5/c1-4-10-22-19(7-1)13-14-33-31(22)28-27(30-24-12-6-3-9-21(24)17-35-30)25(15-26-32(28)37-18-36-26)29-23-11-5-2-8-20(23)16-34-29/h1-15,17,29,34-35H,16H2,(H,36,37). The van der Waals surface area contributed by atoms with Gasteiger partial charge < -0.3 is 15.3 Å². The van der Waals surface area contributed by atoms with E-state index in [4.69, 9.17) is 9.97 Å². The third-order valence-corrected chi connectivity index (χ3v) is 7.63. The first-order valence-electron chi connectivity index (χ1n) is 12.5. The van der Waals surface area contributed by atoms with Crippen LogP contribution in [-0.4, -0.2) is 19.9 Å². The summed E-state index contributed by atoms with van der Waals surface area (Å²) in [6.07, 6.45) is 6.99. The Kier molecular flexibility index (Phi) is 4.36. The number of nitrogens with one attached hydrogen (secondary N) is 3. The van der Waals surface area contributed by atoms with E-state index in [0.29, 0.717) is 0 Å². The van der Waals surface area contributed by atoms with Crippen LogP contribution in [0.3, 0.4) is 0 Å². The van der Waals surface area contributed by atoms with Gasteiger partial charge in [0.05, 0.1) is 28.5 Å². The Morgan fingerprint density at radius 2 is 1.59 bits per heavy atom. The van der Waals surface area contributed by atoms with Gasteiger partial charge in [-0.1, -0.05) is 72.8 Å². The molecule has 5 nitrogen and oxygen atoms in total. The van der Waals surface area contributed by atoms with Gasteiger partial charge >= 0.3 is 0 Å². The maximum Gasteiger partial charge on any atom is 0.174 e. The molecule has 7 aromatic rings. The lowest BCUT2D eigenvalue weighted by Crippen LogP contribution is -2.15. The minimum atomic E-state index is 0.0367. The molecule has 3 aromatic heterocycles. The number of aromatic amines is 2. The lowest BCUT2D eigenvalue weighted by atomic mass is 9.86. The van der Waals surface area contributed by atoms with Crippen LogP contribution in [0.25, 0.3) is 55.1 Å². The molecule has 175 valence electrons. The molecular weight excluding hydrogens is 454 g/mol. The van der Waals surface area contributed by atoms with Gasteiger partial charge in [-0.3, -0.25) is 4.98 Å². The fourth-order valence-electron chi connectivity index (χ4n) is 5.96. The Hall–Kier alpha value is -4.74. The van der Waals surface area contributed by atoms with Crippen LogP contribution in [0.15, 0.2) is 97.3 Å². The quantitative estimate of drug-likeness (QED) is 0.259. The molecule has 3 N–H and O–H groups in total. The molecule has 0 amide bonds. The van der Waals surface area contributed by atoms with Crippen LogP contribution >= 0.6 is 0 Å². The van der Waals surface area contributed by atoms with Gasteiger partial charge in [0.1, 0.15) is 0 Å². The molecule has 8 rings (SSSR count). The van der Waals surface area contributed by atoms with Gasteiger partial charge in [0.25, 0.3) is 0 Å². The van der Waals surface area contributed by atoms with Crippen molar-refractivity contribution in [3.8, 4) is 22.5 Å².